The summed E-state index contributed by atoms with van der Waals surface area (Å²) in [7, 11) is 1.84. The van der Waals surface area contributed by atoms with E-state index in [1.807, 2.05) is 25.3 Å². The van der Waals surface area contributed by atoms with Crippen molar-refractivity contribution < 1.29 is 9.84 Å². The standard InChI is InChI=1S/C27H31ClN4O2S/c1-34-20-12-17-8-9-18(13-20)31(17)25-24-22(21-4-2-3-5-23(21)28)14-35-26(24)30-27(29-25)32-15-6-7-16(32)11-19(33)10-15/h2-5,14-20,33H,6-13H2,1H3. The largest absolute Gasteiger partial charge is 0.393 e. The van der Waals surface area contributed by atoms with Gasteiger partial charge in [-0.1, -0.05) is 29.8 Å². The fraction of sp³-hybridized carbons (Fsp3) is 0.556. The molecule has 0 aliphatic carbocycles. The monoisotopic (exact) mass is 510 g/mol. The van der Waals surface area contributed by atoms with Crippen LogP contribution in [0.15, 0.2) is 29.6 Å². The Hall–Kier alpha value is -1.93. The van der Waals surface area contributed by atoms with E-state index in [4.69, 9.17) is 26.3 Å². The zero-order chi connectivity index (χ0) is 23.7. The SMILES string of the molecule is COC1CC2CCC(C1)N2c1nc(N2C3CCC2CC(O)C3)nc2scc(-c3ccccc3Cl)c12. The number of hydrogen-bond acceptors (Lipinski definition) is 7. The first-order chi connectivity index (χ1) is 17.1. The second-order valence-corrected chi connectivity index (χ2v) is 12.0. The quantitative estimate of drug-likeness (QED) is 0.489. The first kappa shape index (κ1) is 22.3. The Balaban J connectivity index is 1.40. The molecular weight excluding hydrogens is 480 g/mol. The van der Waals surface area contributed by atoms with Crippen molar-refractivity contribution >= 4 is 44.9 Å². The van der Waals surface area contributed by atoms with Crippen molar-refractivity contribution in [2.75, 3.05) is 16.9 Å². The Bertz CT molecular complexity index is 1240. The lowest BCUT2D eigenvalue weighted by Gasteiger charge is -2.41. The van der Waals surface area contributed by atoms with Crippen LogP contribution in [0.1, 0.15) is 51.4 Å². The Morgan fingerprint density at radius 2 is 1.57 bits per heavy atom. The van der Waals surface area contributed by atoms with Gasteiger partial charge in [0.15, 0.2) is 0 Å². The van der Waals surface area contributed by atoms with Crippen molar-refractivity contribution in [2.24, 2.45) is 0 Å². The van der Waals surface area contributed by atoms with Crippen molar-refractivity contribution in [1.82, 2.24) is 9.97 Å². The molecule has 4 aliphatic rings. The lowest BCUT2D eigenvalue weighted by atomic mass is 9.98. The minimum atomic E-state index is -0.204. The van der Waals surface area contributed by atoms with Gasteiger partial charge in [-0.05, 0) is 57.4 Å². The third-order valence-corrected chi connectivity index (χ3v) is 9.98. The van der Waals surface area contributed by atoms with Gasteiger partial charge in [0.2, 0.25) is 5.95 Å². The van der Waals surface area contributed by atoms with Gasteiger partial charge >= 0.3 is 0 Å². The number of piperidine rings is 2. The summed E-state index contributed by atoms with van der Waals surface area (Å²) in [5, 5.41) is 14.5. The molecule has 6 nitrogen and oxygen atoms in total. The zero-order valence-corrected chi connectivity index (χ0v) is 21.5. The van der Waals surface area contributed by atoms with Crippen molar-refractivity contribution in [3.8, 4) is 11.1 Å². The molecule has 2 aromatic heterocycles. The van der Waals surface area contributed by atoms with E-state index in [2.05, 4.69) is 21.2 Å². The Labute approximate surface area is 214 Å². The smallest absolute Gasteiger partial charge is 0.229 e. The lowest BCUT2D eigenvalue weighted by Crippen LogP contribution is -2.47. The van der Waals surface area contributed by atoms with Gasteiger partial charge in [-0.3, -0.25) is 0 Å². The minimum Gasteiger partial charge on any atom is -0.393 e. The molecule has 4 aliphatic heterocycles. The summed E-state index contributed by atoms with van der Waals surface area (Å²) in [6, 6.07) is 9.60. The number of aliphatic hydroxyl groups is 1. The van der Waals surface area contributed by atoms with Crippen LogP contribution >= 0.6 is 22.9 Å². The minimum absolute atomic E-state index is 0.204. The molecule has 1 N–H and O–H groups in total. The molecule has 4 saturated heterocycles. The molecule has 0 saturated carbocycles. The molecule has 0 radical (unpaired) electrons. The van der Waals surface area contributed by atoms with Gasteiger partial charge in [-0.15, -0.1) is 11.3 Å². The van der Waals surface area contributed by atoms with Crippen molar-refractivity contribution in [3.63, 3.8) is 0 Å². The molecule has 8 heteroatoms. The normalized spacial score (nSPS) is 32.1. The number of nitrogens with zero attached hydrogens (tertiary/aromatic N) is 4. The molecule has 1 aromatic carbocycles. The van der Waals surface area contributed by atoms with E-state index in [1.165, 1.54) is 12.8 Å². The summed E-state index contributed by atoms with van der Waals surface area (Å²) in [6.07, 6.45) is 8.41. The van der Waals surface area contributed by atoms with Crippen LogP contribution in [-0.2, 0) is 4.74 Å². The second kappa shape index (κ2) is 8.58. The molecule has 184 valence electrons. The van der Waals surface area contributed by atoms with Crippen LogP contribution in [0.25, 0.3) is 21.3 Å². The van der Waals surface area contributed by atoms with Crippen LogP contribution in [0.2, 0.25) is 5.02 Å². The van der Waals surface area contributed by atoms with E-state index in [-0.39, 0.29) is 6.10 Å². The van der Waals surface area contributed by atoms with Crippen molar-refractivity contribution in [2.45, 2.75) is 87.7 Å². The Morgan fingerprint density at radius 3 is 2.23 bits per heavy atom. The summed E-state index contributed by atoms with van der Waals surface area (Å²) in [4.78, 5) is 16.6. The van der Waals surface area contributed by atoms with Gasteiger partial charge in [0.25, 0.3) is 0 Å². The van der Waals surface area contributed by atoms with Crippen LogP contribution in [-0.4, -0.2) is 58.6 Å². The average Bonchev–Trinajstić information content (AvgIpc) is 3.48. The molecule has 0 spiro atoms. The summed E-state index contributed by atoms with van der Waals surface area (Å²) in [5.74, 6) is 1.90. The number of aliphatic hydroxyl groups excluding tert-OH is 1. The molecule has 7 rings (SSSR count). The predicted molar refractivity (Wildman–Crippen MR) is 142 cm³/mol. The number of thiophene rings is 1. The van der Waals surface area contributed by atoms with Gasteiger partial charge in [0, 0.05) is 52.8 Å². The molecule has 4 unspecified atom stereocenters. The van der Waals surface area contributed by atoms with E-state index in [9.17, 15) is 5.11 Å². The van der Waals surface area contributed by atoms with Gasteiger partial charge in [0.05, 0.1) is 17.6 Å². The molecule has 0 amide bonds. The number of rotatable bonds is 4. The molecule has 35 heavy (non-hydrogen) atoms. The first-order valence-electron chi connectivity index (χ1n) is 12.9. The summed E-state index contributed by atoms with van der Waals surface area (Å²) < 4.78 is 5.80. The number of hydrogen-bond donors (Lipinski definition) is 1. The number of methoxy groups -OCH3 is 1. The number of halogens is 1. The summed E-state index contributed by atoms with van der Waals surface area (Å²) in [6.45, 7) is 0. The highest BCUT2D eigenvalue weighted by Crippen LogP contribution is 2.48. The third kappa shape index (κ3) is 3.57. The number of ether oxygens (including phenoxy) is 1. The van der Waals surface area contributed by atoms with E-state index < -0.39 is 0 Å². The maximum atomic E-state index is 10.4. The molecule has 6 heterocycles. The third-order valence-electron chi connectivity index (χ3n) is 8.77. The first-order valence-corrected chi connectivity index (χ1v) is 14.2. The highest BCUT2D eigenvalue weighted by Gasteiger charge is 2.45. The fourth-order valence-electron chi connectivity index (χ4n) is 7.23. The van der Waals surface area contributed by atoms with E-state index in [1.54, 1.807) is 11.3 Å². The summed E-state index contributed by atoms with van der Waals surface area (Å²) >= 11 is 8.36. The van der Waals surface area contributed by atoms with E-state index in [0.29, 0.717) is 30.3 Å². The Morgan fingerprint density at radius 1 is 0.914 bits per heavy atom. The molecule has 4 fully saturated rings. The van der Waals surface area contributed by atoms with Crippen LogP contribution in [0.5, 0.6) is 0 Å². The lowest BCUT2D eigenvalue weighted by molar-refractivity contribution is 0.0683. The van der Waals surface area contributed by atoms with Crippen molar-refractivity contribution in [1.29, 1.82) is 0 Å². The second-order valence-electron chi connectivity index (χ2n) is 10.7. The van der Waals surface area contributed by atoms with Gasteiger partial charge in [-0.25, -0.2) is 4.98 Å². The maximum Gasteiger partial charge on any atom is 0.229 e. The van der Waals surface area contributed by atoms with E-state index >= 15 is 0 Å². The number of fused-ring (bicyclic) bond motifs is 5. The molecule has 4 atom stereocenters. The predicted octanol–water partition coefficient (Wildman–Crippen LogP) is 5.65. The fourth-order valence-corrected chi connectivity index (χ4v) is 8.40. The van der Waals surface area contributed by atoms with Crippen LogP contribution < -0.4 is 9.80 Å². The number of anilines is 2. The molecule has 3 aromatic rings. The number of aromatic nitrogens is 2. The van der Waals surface area contributed by atoms with Gasteiger partial charge in [0.1, 0.15) is 10.6 Å². The Kier molecular flexibility index (Phi) is 5.46. The number of benzene rings is 1. The van der Waals surface area contributed by atoms with Gasteiger partial charge in [-0.2, -0.15) is 4.98 Å². The maximum absolute atomic E-state index is 10.4. The molecular formula is C27H31ClN4O2S. The van der Waals surface area contributed by atoms with Crippen LogP contribution in [0.4, 0.5) is 11.8 Å². The van der Waals surface area contributed by atoms with Crippen LogP contribution in [0, 0.1) is 0 Å². The highest BCUT2D eigenvalue weighted by molar-refractivity contribution is 7.17. The highest BCUT2D eigenvalue weighted by atomic mass is 35.5. The summed E-state index contributed by atoms with van der Waals surface area (Å²) in [5.41, 5.74) is 2.17. The van der Waals surface area contributed by atoms with Crippen molar-refractivity contribution in [3.05, 3.63) is 34.7 Å². The van der Waals surface area contributed by atoms with E-state index in [0.717, 1.165) is 76.7 Å². The average molecular weight is 511 g/mol. The zero-order valence-electron chi connectivity index (χ0n) is 19.9. The van der Waals surface area contributed by atoms with Crippen LogP contribution in [0.3, 0.4) is 0 Å². The molecule has 4 bridgehead atoms. The topological polar surface area (TPSA) is 61.7 Å². The van der Waals surface area contributed by atoms with Gasteiger partial charge < -0.3 is 19.6 Å².